The minimum Gasteiger partial charge on any atom is -0.497 e. The Morgan fingerprint density at radius 1 is 0.889 bits per heavy atom. The zero-order valence-corrected chi connectivity index (χ0v) is 30.4. The molecule has 284 valence electrons. The summed E-state index contributed by atoms with van der Waals surface area (Å²) in [4.78, 5) is 57.4. The molecule has 1 atom stereocenters. The van der Waals surface area contributed by atoms with Gasteiger partial charge in [-0.05, 0) is 85.2 Å². The summed E-state index contributed by atoms with van der Waals surface area (Å²) >= 11 is 0. The number of amides is 4. The zero-order chi connectivity index (χ0) is 39.2. The van der Waals surface area contributed by atoms with Crippen LogP contribution < -0.4 is 20.5 Å². The number of ether oxygens (including phenoxy) is 2. The number of hydrogen-bond acceptors (Lipinski definition) is 7. The van der Waals surface area contributed by atoms with Gasteiger partial charge in [-0.2, -0.15) is 13.2 Å². The first kappa shape index (κ1) is 39.3. The largest absolute Gasteiger partial charge is 0.497 e. The van der Waals surface area contributed by atoms with E-state index in [0.29, 0.717) is 47.8 Å². The van der Waals surface area contributed by atoms with Gasteiger partial charge in [0.2, 0.25) is 11.8 Å². The minimum absolute atomic E-state index is 0.148. The average molecular weight is 746 g/mol. The zero-order valence-electron chi connectivity index (χ0n) is 30.4. The van der Waals surface area contributed by atoms with Crippen LogP contribution in [0, 0.1) is 0 Å². The molecule has 0 saturated carbocycles. The molecule has 0 spiro atoms. The van der Waals surface area contributed by atoms with Crippen molar-refractivity contribution in [3.05, 3.63) is 124 Å². The number of likely N-dealkylation sites (N-methyl/N-ethyl adjacent to an activating group) is 1. The van der Waals surface area contributed by atoms with Crippen molar-refractivity contribution in [2.24, 2.45) is 5.73 Å². The molecule has 5 rings (SSSR count). The lowest BCUT2D eigenvalue weighted by molar-refractivity contribution is -0.137. The number of alkyl halides is 3. The summed E-state index contributed by atoms with van der Waals surface area (Å²) in [6.45, 7) is 0.759. The highest BCUT2D eigenvalue weighted by molar-refractivity contribution is 6.00. The Morgan fingerprint density at radius 3 is 2.19 bits per heavy atom. The van der Waals surface area contributed by atoms with Crippen LogP contribution in [0.2, 0.25) is 0 Å². The third-order valence-electron chi connectivity index (χ3n) is 9.06. The molecular weight excluding hydrogens is 703 g/mol. The number of nitrogens with one attached hydrogen (secondary N) is 1. The first-order valence-corrected chi connectivity index (χ1v) is 17.1. The summed E-state index contributed by atoms with van der Waals surface area (Å²) in [5.41, 5.74) is 8.01. The highest BCUT2D eigenvalue weighted by Crippen LogP contribution is 2.38. The van der Waals surface area contributed by atoms with E-state index in [4.69, 9.17) is 15.2 Å². The Balaban J connectivity index is 1.42. The standard InChI is InChI=1S/C40H42F3N5O6/c1-46(2)14-15-47(24-36(44)49)38(51)27-10-8-25(9-11-27)23-48-35(29-18-32(53-3)22-33(19-29)54-4)20-28-12-13-31(21-34(28)39(48)52)45-37(50)17-26-6-5-7-30(16-26)40(41,42)43/h5-13,16,18-19,21-22,35H,14-15,17,20,23-24H2,1-4H3,(H2,44,49)(H,45,50). The number of nitrogens with zero attached hydrogens (tertiary/aromatic N) is 3. The molecule has 11 nitrogen and oxygen atoms in total. The summed E-state index contributed by atoms with van der Waals surface area (Å²) in [6.07, 6.45) is -4.43. The summed E-state index contributed by atoms with van der Waals surface area (Å²) in [5, 5.41) is 2.72. The van der Waals surface area contributed by atoms with E-state index in [1.54, 1.807) is 53.4 Å². The quantitative estimate of drug-likeness (QED) is 0.178. The molecule has 1 unspecified atom stereocenters. The van der Waals surface area contributed by atoms with Crippen LogP contribution >= 0.6 is 0 Å². The van der Waals surface area contributed by atoms with Crippen LogP contribution in [0.5, 0.6) is 11.5 Å². The maximum absolute atomic E-state index is 14.4. The van der Waals surface area contributed by atoms with Gasteiger partial charge in [0.15, 0.2) is 0 Å². The van der Waals surface area contributed by atoms with Gasteiger partial charge in [0.1, 0.15) is 11.5 Å². The molecule has 4 amide bonds. The number of hydrogen-bond donors (Lipinski definition) is 2. The molecule has 14 heteroatoms. The van der Waals surface area contributed by atoms with Gasteiger partial charge >= 0.3 is 6.18 Å². The average Bonchev–Trinajstić information content (AvgIpc) is 3.13. The van der Waals surface area contributed by atoms with Crippen molar-refractivity contribution in [3.63, 3.8) is 0 Å². The minimum atomic E-state index is -4.54. The number of fused-ring (bicyclic) bond motifs is 1. The molecule has 0 radical (unpaired) electrons. The second-order valence-corrected chi connectivity index (χ2v) is 13.3. The van der Waals surface area contributed by atoms with Gasteiger partial charge in [-0.25, -0.2) is 0 Å². The van der Waals surface area contributed by atoms with E-state index in [-0.39, 0.29) is 36.9 Å². The van der Waals surface area contributed by atoms with E-state index in [9.17, 15) is 32.3 Å². The summed E-state index contributed by atoms with van der Waals surface area (Å²) in [7, 11) is 6.79. The summed E-state index contributed by atoms with van der Waals surface area (Å²) < 4.78 is 50.7. The molecule has 1 heterocycles. The van der Waals surface area contributed by atoms with Crippen molar-refractivity contribution >= 4 is 29.3 Å². The number of rotatable bonds is 14. The Morgan fingerprint density at radius 2 is 1.57 bits per heavy atom. The van der Waals surface area contributed by atoms with E-state index in [0.717, 1.165) is 28.8 Å². The molecular formula is C40H42F3N5O6. The molecule has 0 fully saturated rings. The van der Waals surface area contributed by atoms with Crippen LogP contribution in [-0.4, -0.2) is 86.3 Å². The van der Waals surface area contributed by atoms with Crippen molar-refractivity contribution in [2.75, 3.05) is 53.3 Å². The number of halogens is 3. The lowest BCUT2D eigenvalue weighted by Gasteiger charge is -2.37. The van der Waals surface area contributed by atoms with E-state index in [2.05, 4.69) is 5.32 Å². The molecule has 0 aromatic heterocycles. The molecule has 1 aliphatic rings. The fraction of sp³-hybridized carbons (Fsp3) is 0.300. The van der Waals surface area contributed by atoms with Crippen LogP contribution in [-0.2, 0) is 35.2 Å². The molecule has 3 N–H and O–H groups in total. The Labute approximate surface area is 311 Å². The molecule has 0 aliphatic carbocycles. The Bertz CT molecular complexity index is 2000. The third-order valence-corrected chi connectivity index (χ3v) is 9.06. The molecule has 1 aliphatic heterocycles. The number of methoxy groups -OCH3 is 2. The molecule has 4 aromatic rings. The van der Waals surface area contributed by atoms with Crippen molar-refractivity contribution in [1.29, 1.82) is 0 Å². The molecule has 54 heavy (non-hydrogen) atoms. The van der Waals surface area contributed by atoms with Crippen LogP contribution in [0.15, 0.2) is 84.9 Å². The van der Waals surface area contributed by atoms with Gasteiger partial charge in [-0.1, -0.05) is 36.4 Å². The Hall–Kier alpha value is -5.89. The van der Waals surface area contributed by atoms with Crippen molar-refractivity contribution in [1.82, 2.24) is 14.7 Å². The number of nitrogens with two attached hydrogens (primary N) is 1. The predicted molar refractivity (Wildman–Crippen MR) is 196 cm³/mol. The van der Waals surface area contributed by atoms with Gasteiger partial charge in [0, 0.05) is 42.5 Å². The van der Waals surface area contributed by atoms with Crippen molar-refractivity contribution < 1.29 is 41.8 Å². The maximum atomic E-state index is 14.4. The second kappa shape index (κ2) is 16.8. The number of primary amides is 1. The van der Waals surface area contributed by atoms with Crippen LogP contribution in [0.3, 0.4) is 0 Å². The van der Waals surface area contributed by atoms with E-state index in [1.165, 1.54) is 31.3 Å². The maximum Gasteiger partial charge on any atom is 0.416 e. The van der Waals surface area contributed by atoms with Crippen LogP contribution in [0.1, 0.15) is 54.6 Å². The first-order chi connectivity index (χ1) is 25.6. The SMILES string of the molecule is COc1cc(OC)cc(C2Cc3ccc(NC(=O)Cc4cccc(C(F)(F)F)c4)cc3C(=O)N2Cc2ccc(C(=O)N(CCN(C)C)CC(N)=O)cc2)c1. The molecule has 4 aromatic carbocycles. The number of benzene rings is 4. The van der Waals surface area contributed by atoms with E-state index < -0.39 is 29.6 Å². The van der Waals surface area contributed by atoms with Gasteiger partial charge in [-0.3, -0.25) is 19.2 Å². The summed E-state index contributed by atoms with van der Waals surface area (Å²) in [6, 6.07) is 21.3. The lowest BCUT2D eigenvalue weighted by Crippen LogP contribution is -2.42. The highest BCUT2D eigenvalue weighted by atomic mass is 19.4. The van der Waals surface area contributed by atoms with Gasteiger partial charge in [0.25, 0.3) is 11.8 Å². The monoisotopic (exact) mass is 745 g/mol. The number of carbonyl (C=O) groups is 4. The fourth-order valence-electron chi connectivity index (χ4n) is 6.29. The van der Waals surface area contributed by atoms with Crippen LogP contribution in [0.4, 0.5) is 18.9 Å². The molecule has 0 bridgehead atoms. The smallest absolute Gasteiger partial charge is 0.416 e. The van der Waals surface area contributed by atoms with Gasteiger partial charge in [-0.15, -0.1) is 0 Å². The van der Waals surface area contributed by atoms with Gasteiger partial charge < -0.3 is 35.2 Å². The highest BCUT2D eigenvalue weighted by Gasteiger charge is 2.35. The van der Waals surface area contributed by atoms with Crippen LogP contribution in [0.25, 0.3) is 0 Å². The van der Waals surface area contributed by atoms with Gasteiger partial charge in [0.05, 0.1) is 38.8 Å². The normalized spacial score (nSPS) is 14.0. The number of carbonyl (C=O) groups excluding carboxylic acids is 4. The number of anilines is 1. The lowest BCUT2D eigenvalue weighted by atomic mass is 9.88. The molecule has 0 saturated heterocycles. The second-order valence-electron chi connectivity index (χ2n) is 13.3. The first-order valence-electron chi connectivity index (χ1n) is 17.1. The summed E-state index contributed by atoms with van der Waals surface area (Å²) in [5.74, 6) is -0.761. The topological polar surface area (TPSA) is 135 Å². The van der Waals surface area contributed by atoms with Crippen molar-refractivity contribution in [2.45, 2.75) is 31.6 Å². The van der Waals surface area contributed by atoms with E-state index >= 15 is 0 Å². The third kappa shape index (κ3) is 9.75. The van der Waals surface area contributed by atoms with Crippen molar-refractivity contribution in [3.8, 4) is 11.5 Å². The predicted octanol–water partition coefficient (Wildman–Crippen LogP) is 5.33. The Kier molecular flexibility index (Phi) is 12.3. The van der Waals surface area contributed by atoms with E-state index in [1.807, 2.05) is 31.1 Å². The fourth-order valence-corrected chi connectivity index (χ4v) is 6.29.